The Bertz CT molecular complexity index is 1070. The fourth-order valence-corrected chi connectivity index (χ4v) is 4.14. The van der Waals surface area contributed by atoms with Crippen molar-refractivity contribution >= 4 is 30.6 Å². The van der Waals surface area contributed by atoms with Crippen LogP contribution < -0.4 is 17.2 Å². The number of rotatable bonds is 10. The summed E-state index contributed by atoms with van der Waals surface area (Å²) in [6.07, 6.45) is 15.4. The molecule has 0 saturated carbocycles. The summed E-state index contributed by atoms with van der Waals surface area (Å²) in [6.45, 7) is 13.0. The Balaban J connectivity index is 0.00000175. The van der Waals surface area contributed by atoms with E-state index >= 15 is 0 Å². The summed E-state index contributed by atoms with van der Waals surface area (Å²) in [5.74, 6) is -0.358. The summed E-state index contributed by atoms with van der Waals surface area (Å²) in [4.78, 5) is 15.4. The average Bonchev–Trinajstić information content (AvgIpc) is 2.92. The van der Waals surface area contributed by atoms with Crippen LogP contribution in [0.3, 0.4) is 0 Å². The molecule has 0 spiro atoms. The first-order chi connectivity index (χ1) is 18.2. The molecule has 7 nitrogen and oxygen atoms in total. The zero-order valence-corrected chi connectivity index (χ0v) is 24.0. The van der Waals surface area contributed by atoms with Crippen molar-refractivity contribution in [3.05, 3.63) is 75.2 Å². The Kier molecular flexibility index (Phi) is 17.5. The third kappa shape index (κ3) is 11.1. The normalized spacial score (nSPS) is 14.4. The molecule has 0 aromatic heterocycles. The number of aryl methyl sites for hydroxylation is 2. The number of aliphatic imine (C=N–C) groups is 1. The van der Waals surface area contributed by atoms with Crippen molar-refractivity contribution in [2.45, 2.75) is 79.6 Å². The molecule has 8 N–H and O–H groups in total. The highest BCUT2D eigenvalue weighted by atomic mass is 16.1. The average molecular weight is 521 g/mol. The predicted octanol–water partition coefficient (Wildman–Crippen LogP) is 6.28. The second-order valence-electron chi connectivity index (χ2n) is 9.11. The molecule has 0 saturated heterocycles. The number of nitrogens with two attached hydrogens (primary N) is 3. The van der Waals surface area contributed by atoms with Crippen LogP contribution in [0.1, 0.15) is 88.0 Å². The molecule has 0 fully saturated rings. The second-order valence-corrected chi connectivity index (χ2v) is 9.11. The van der Waals surface area contributed by atoms with Crippen LogP contribution in [0.4, 0.5) is 0 Å². The van der Waals surface area contributed by atoms with Gasteiger partial charge in [0.15, 0.2) is 0 Å². The number of hydrogen-bond donors (Lipinski definition) is 5. The molecular weight excluding hydrogens is 472 g/mol. The minimum Gasteiger partial charge on any atom is -0.404 e. The first-order valence-electron chi connectivity index (χ1n) is 13.2. The summed E-state index contributed by atoms with van der Waals surface area (Å²) >= 11 is 0. The molecule has 0 radical (unpaired) electrons. The molecule has 38 heavy (non-hydrogen) atoms. The molecule has 1 aliphatic carbocycles. The van der Waals surface area contributed by atoms with Crippen LogP contribution in [0.5, 0.6) is 0 Å². The number of carbonyl (C=O) groups excluding carboxylic acids is 1. The van der Waals surface area contributed by atoms with Crippen molar-refractivity contribution in [1.29, 1.82) is 10.8 Å². The third-order valence-electron chi connectivity index (χ3n) is 6.21. The van der Waals surface area contributed by atoms with Gasteiger partial charge in [0.05, 0.1) is 0 Å². The van der Waals surface area contributed by atoms with Gasteiger partial charge in [-0.2, -0.15) is 0 Å². The molecule has 0 unspecified atom stereocenters. The lowest BCUT2D eigenvalue weighted by Gasteiger charge is -2.26. The fraction of sp³-hybridized carbons (Fsp3) is 0.419. The van der Waals surface area contributed by atoms with Gasteiger partial charge in [-0.15, -0.1) is 0 Å². The number of hydrogen-bond acceptors (Lipinski definition) is 6. The Morgan fingerprint density at radius 1 is 1.13 bits per heavy atom. The maximum Gasteiger partial charge on any atom is 0.219 e. The van der Waals surface area contributed by atoms with Crippen LogP contribution in [-0.4, -0.2) is 31.6 Å². The lowest BCUT2D eigenvalue weighted by atomic mass is 9.78. The van der Waals surface area contributed by atoms with E-state index in [0.29, 0.717) is 6.54 Å². The first kappa shape index (κ1) is 34.3. The molecule has 0 heterocycles. The lowest BCUT2D eigenvalue weighted by molar-refractivity contribution is -0.117. The monoisotopic (exact) mass is 520 g/mol. The smallest absolute Gasteiger partial charge is 0.219 e. The predicted molar refractivity (Wildman–Crippen MR) is 165 cm³/mol. The van der Waals surface area contributed by atoms with E-state index in [2.05, 4.69) is 50.7 Å². The number of nitrogens with zero attached hydrogens (tertiary/aromatic N) is 1. The van der Waals surface area contributed by atoms with Crippen molar-refractivity contribution in [3.63, 3.8) is 0 Å². The largest absolute Gasteiger partial charge is 0.404 e. The Morgan fingerprint density at radius 3 is 2.26 bits per heavy atom. The van der Waals surface area contributed by atoms with Gasteiger partial charge >= 0.3 is 0 Å². The number of primary amides is 1. The van der Waals surface area contributed by atoms with E-state index in [1.807, 2.05) is 19.9 Å². The summed E-state index contributed by atoms with van der Waals surface area (Å²) in [7, 11) is 0. The zero-order chi connectivity index (χ0) is 29.1. The maximum absolute atomic E-state index is 11.0. The van der Waals surface area contributed by atoms with Gasteiger partial charge in [-0.05, 0) is 99.9 Å². The summed E-state index contributed by atoms with van der Waals surface area (Å²) in [5.41, 5.74) is 26.4. The fourth-order valence-electron chi connectivity index (χ4n) is 4.14. The van der Waals surface area contributed by atoms with Gasteiger partial charge in [-0.25, -0.2) is 0 Å². The topological polar surface area (TPSA) is 155 Å². The SMILES string of the molecule is C/C=C(\C)N.C=N.CCC/C=C(C1=C(c2c(C)ccc(C)c2C=N)CCCC1)\C(C=NCCC(N)=O)=C\N. The highest BCUT2D eigenvalue weighted by Gasteiger charge is 2.22. The molecule has 208 valence electrons. The number of amides is 1. The van der Waals surface area contributed by atoms with E-state index < -0.39 is 0 Å². The quantitative estimate of drug-likeness (QED) is 0.182. The molecular formula is C31H48N6O. The Morgan fingerprint density at radius 2 is 1.74 bits per heavy atom. The van der Waals surface area contributed by atoms with Gasteiger partial charge in [0.25, 0.3) is 0 Å². The molecule has 0 aliphatic heterocycles. The van der Waals surface area contributed by atoms with Gasteiger partial charge in [0.1, 0.15) is 0 Å². The number of nitrogens with one attached hydrogen (secondary N) is 2. The summed E-state index contributed by atoms with van der Waals surface area (Å²) in [5, 5.41) is 13.5. The van der Waals surface area contributed by atoms with Crippen molar-refractivity contribution in [3.8, 4) is 0 Å². The standard InChI is InChI=1S/C26H36N4O.C4H9N.CH3N/c1-4-5-8-21(20(15-27)17-30-14-13-25(29)31)22-9-6-7-10-23(22)26-19(3)12-11-18(2)24(26)16-28;1-3-4(2)5;1-2/h8,11-12,15-17,28H,4-7,9-10,13-14,27H2,1-3H3,(H2,29,31);3H,5H2,1-2H3;2H,1H2/b20-15+,21-8+,28-16?,30-17?;4-3+;. The van der Waals surface area contributed by atoms with Crippen LogP contribution in [0.2, 0.25) is 0 Å². The third-order valence-corrected chi connectivity index (χ3v) is 6.21. The Hall–Kier alpha value is -3.74. The van der Waals surface area contributed by atoms with Gasteiger partial charge in [0.2, 0.25) is 5.91 Å². The molecule has 1 amide bonds. The van der Waals surface area contributed by atoms with Crippen molar-refractivity contribution in [2.24, 2.45) is 22.2 Å². The highest BCUT2D eigenvalue weighted by Crippen LogP contribution is 2.40. The molecule has 7 heteroatoms. The molecule has 1 aromatic rings. The van der Waals surface area contributed by atoms with E-state index in [4.69, 9.17) is 28.0 Å². The van der Waals surface area contributed by atoms with Crippen LogP contribution >= 0.6 is 0 Å². The van der Waals surface area contributed by atoms with E-state index in [0.717, 1.165) is 66.5 Å². The van der Waals surface area contributed by atoms with E-state index in [9.17, 15) is 4.79 Å². The van der Waals surface area contributed by atoms with Crippen molar-refractivity contribution < 1.29 is 4.79 Å². The zero-order valence-electron chi connectivity index (χ0n) is 24.0. The van der Waals surface area contributed by atoms with Gasteiger partial charge in [-0.1, -0.05) is 37.6 Å². The summed E-state index contributed by atoms with van der Waals surface area (Å²) < 4.78 is 0. The number of unbranched alkanes of at least 4 members (excludes halogenated alkanes) is 1. The minimum absolute atomic E-state index is 0.224. The lowest BCUT2D eigenvalue weighted by Crippen LogP contribution is -2.12. The maximum atomic E-state index is 11.0. The van der Waals surface area contributed by atoms with Crippen molar-refractivity contribution in [2.75, 3.05) is 6.54 Å². The Labute approximate surface area is 229 Å². The molecule has 1 aromatic carbocycles. The summed E-state index contributed by atoms with van der Waals surface area (Å²) in [6, 6.07) is 4.24. The van der Waals surface area contributed by atoms with E-state index in [1.165, 1.54) is 28.5 Å². The first-order valence-corrected chi connectivity index (χ1v) is 13.2. The second kappa shape index (κ2) is 19.4. The van der Waals surface area contributed by atoms with Crippen LogP contribution in [0.15, 0.2) is 57.9 Å². The van der Waals surface area contributed by atoms with E-state index in [-0.39, 0.29) is 12.3 Å². The molecule has 0 bridgehead atoms. The van der Waals surface area contributed by atoms with Gasteiger partial charge in [0, 0.05) is 48.4 Å². The molecule has 0 atom stereocenters. The van der Waals surface area contributed by atoms with Crippen LogP contribution in [-0.2, 0) is 4.79 Å². The van der Waals surface area contributed by atoms with Gasteiger partial charge < -0.3 is 28.0 Å². The minimum atomic E-state index is -0.358. The molecule has 1 aliphatic rings. The van der Waals surface area contributed by atoms with Crippen LogP contribution in [0, 0.1) is 24.7 Å². The molecule has 2 rings (SSSR count). The van der Waals surface area contributed by atoms with E-state index in [1.54, 1.807) is 12.4 Å². The number of carbonyl (C=O) groups is 1. The van der Waals surface area contributed by atoms with Gasteiger partial charge in [-0.3, -0.25) is 9.79 Å². The van der Waals surface area contributed by atoms with Crippen LogP contribution in [0.25, 0.3) is 5.57 Å². The number of benzene rings is 1. The number of allylic oxidation sites excluding steroid dienone is 7. The highest BCUT2D eigenvalue weighted by molar-refractivity contribution is 5.94. The van der Waals surface area contributed by atoms with Crippen molar-refractivity contribution in [1.82, 2.24) is 0 Å².